The van der Waals surface area contributed by atoms with Gasteiger partial charge in [0.05, 0.1) is 17.7 Å². The number of anilines is 1. The molecule has 1 aromatic rings. The fourth-order valence-corrected chi connectivity index (χ4v) is 5.96. The molecule has 4 rings (SSSR count). The number of hydrogen-bond acceptors (Lipinski definition) is 6. The maximum absolute atomic E-state index is 13.1. The molecule has 1 saturated carbocycles. The first-order valence-corrected chi connectivity index (χ1v) is 10.5. The highest BCUT2D eigenvalue weighted by atomic mass is 32.1. The SMILES string of the molecule is CC1(C)CCCC[C@@H]1c1ncc(N2CCN3CCN(C#N)C[C@@H]3C2=O)s1. The van der Waals surface area contributed by atoms with E-state index < -0.39 is 0 Å². The first-order chi connectivity index (χ1) is 12.5. The third-order valence-electron chi connectivity index (χ3n) is 6.38. The Morgan fingerprint density at radius 2 is 2.08 bits per heavy atom. The van der Waals surface area contributed by atoms with Crippen LogP contribution in [0.15, 0.2) is 6.20 Å². The zero-order valence-corrected chi connectivity index (χ0v) is 16.5. The van der Waals surface area contributed by atoms with E-state index in [4.69, 9.17) is 4.98 Å². The van der Waals surface area contributed by atoms with Crippen LogP contribution in [0.5, 0.6) is 0 Å². The molecule has 0 spiro atoms. The van der Waals surface area contributed by atoms with Crippen molar-refractivity contribution < 1.29 is 4.79 Å². The number of hydrogen-bond donors (Lipinski definition) is 0. The summed E-state index contributed by atoms with van der Waals surface area (Å²) in [6.45, 7) is 8.31. The topological polar surface area (TPSA) is 63.5 Å². The largest absolute Gasteiger partial charge is 0.307 e. The molecule has 3 aliphatic rings. The Morgan fingerprint density at radius 3 is 2.85 bits per heavy atom. The van der Waals surface area contributed by atoms with Gasteiger partial charge in [-0.2, -0.15) is 5.26 Å². The van der Waals surface area contributed by atoms with Gasteiger partial charge in [0.1, 0.15) is 11.0 Å². The van der Waals surface area contributed by atoms with Crippen molar-refractivity contribution in [2.24, 2.45) is 5.41 Å². The normalized spacial score (nSPS) is 29.3. The summed E-state index contributed by atoms with van der Waals surface area (Å²) in [4.78, 5) is 23.6. The third kappa shape index (κ3) is 3.10. The second kappa shape index (κ2) is 6.82. The van der Waals surface area contributed by atoms with Gasteiger partial charge >= 0.3 is 0 Å². The predicted molar refractivity (Wildman–Crippen MR) is 102 cm³/mol. The molecule has 1 aliphatic carbocycles. The monoisotopic (exact) mass is 373 g/mol. The summed E-state index contributed by atoms with van der Waals surface area (Å²) in [5.74, 6) is 0.615. The van der Waals surface area contributed by atoms with Crippen molar-refractivity contribution in [3.05, 3.63) is 11.2 Å². The molecule has 2 aliphatic heterocycles. The molecule has 0 N–H and O–H groups in total. The summed E-state index contributed by atoms with van der Waals surface area (Å²) >= 11 is 1.69. The van der Waals surface area contributed by atoms with E-state index >= 15 is 0 Å². The maximum Gasteiger partial charge on any atom is 0.246 e. The lowest BCUT2D eigenvalue weighted by atomic mass is 9.69. The van der Waals surface area contributed by atoms with Crippen molar-refractivity contribution in [3.8, 4) is 6.19 Å². The summed E-state index contributed by atoms with van der Waals surface area (Å²) in [6.07, 6.45) is 9.10. The quantitative estimate of drug-likeness (QED) is 0.746. The van der Waals surface area contributed by atoms with Crippen molar-refractivity contribution in [3.63, 3.8) is 0 Å². The van der Waals surface area contributed by atoms with Gasteiger partial charge in [0.25, 0.3) is 0 Å². The summed E-state index contributed by atoms with van der Waals surface area (Å²) in [5, 5.41) is 11.3. The maximum atomic E-state index is 13.1. The Labute approximate surface area is 159 Å². The summed E-state index contributed by atoms with van der Waals surface area (Å²) < 4.78 is 0. The van der Waals surface area contributed by atoms with Crippen LogP contribution < -0.4 is 4.90 Å². The van der Waals surface area contributed by atoms with Crippen LogP contribution in [0.2, 0.25) is 0 Å². The number of carbonyl (C=O) groups excluding carboxylic acids is 1. The van der Waals surface area contributed by atoms with Crippen LogP contribution in [0.1, 0.15) is 50.5 Å². The van der Waals surface area contributed by atoms with Gasteiger partial charge in [-0.3, -0.25) is 14.6 Å². The van der Waals surface area contributed by atoms with E-state index in [-0.39, 0.29) is 17.4 Å². The Kier molecular flexibility index (Phi) is 4.66. The number of fused-ring (bicyclic) bond motifs is 1. The van der Waals surface area contributed by atoms with E-state index in [1.165, 1.54) is 30.7 Å². The Hall–Kier alpha value is -1.65. The smallest absolute Gasteiger partial charge is 0.246 e. The van der Waals surface area contributed by atoms with Gasteiger partial charge in [-0.15, -0.1) is 11.3 Å². The molecule has 140 valence electrons. The molecule has 0 radical (unpaired) electrons. The van der Waals surface area contributed by atoms with Gasteiger partial charge in [-0.1, -0.05) is 26.7 Å². The molecule has 0 aromatic carbocycles. The predicted octanol–water partition coefficient (Wildman–Crippen LogP) is 2.64. The first-order valence-electron chi connectivity index (χ1n) is 9.65. The molecule has 3 fully saturated rings. The molecule has 0 unspecified atom stereocenters. The Balaban J connectivity index is 1.52. The van der Waals surface area contributed by atoms with E-state index in [1.807, 2.05) is 11.1 Å². The van der Waals surface area contributed by atoms with Crippen LogP contribution in [0.3, 0.4) is 0 Å². The number of nitriles is 1. The minimum absolute atomic E-state index is 0.120. The van der Waals surface area contributed by atoms with Gasteiger partial charge in [0.15, 0.2) is 6.19 Å². The number of amides is 1. The lowest BCUT2D eigenvalue weighted by molar-refractivity contribution is -0.127. The first kappa shape index (κ1) is 17.7. The van der Waals surface area contributed by atoms with E-state index in [2.05, 4.69) is 24.9 Å². The summed E-state index contributed by atoms with van der Waals surface area (Å²) in [7, 11) is 0. The van der Waals surface area contributed by atoms with Crippen LogP contribution in [0.25, 0.3) is 0 Å². The minimum atomic E-state index is -0.200. The van der Waals surface area contributed by atoms with Gasteiger partial charge in [-0.05, 0) is 18.3 Å². The van der Waals surface area contributed by atoms with Crippen molar-refractivity contribution in [2.75, 3.05) is 37.6 Å². The molecule has 2 saturated heterocycles. The van der Waals surface area contributed by atoms with Gasteiger partial charge in [0, 0.05) is 32.1 Å². The molecule has 1 aromatic heterocycles. The number of piperazine rings is 2. The van der Waals surface area contributed by atoms with E-state index in [1.54, 1.807) is 16.2 Å². The number of rotatable bonds is 2. The Morgan fingerprint density at radius 1 is 1.27 bits per heavy atom. The number of nitrogens with zero attached hydrogens (tertiary/aromatic N) is 5. The highest BCUT2D eigenvalue weighted by Gasteiger charge is 2.40. The summed E-state index contributed by atoms with van der Waals surface area (Å²) in [5.41, 5.74) is 0.284. The molecule has 0 bridgehead atoms. The number of thiazole rings is 1. The van der Waals surface area contributed by atoms with Crippen molar-refractivity contribution in [1.82, 2.24) is 14.8 Å². The highest BCUT2D eigenvalue weighted by molar-refractivity contribution is 7.16. The highest BCUT2D eigenvalue weighted by Crippen LogP contribution is 2.48. The molecule has 1 amide bonds. The van der Waals surface area contributed by atoms with E-state index in [9.17, 15) is 10.1 Å². The van der Waals surface area contributed by atoms with Crippen LogP contribution in [0.4, 0.5) is 5.00 Å². The van der Waals surface area contributed by atoms with Gasteiger partial charge in [0.2, 0.25) is 5.91 Å². The van der Waals surface area contributed by atoms with Crippen molar-refractivity contribution in [2.45, 2.75) is 51.5 Å². The molecule has 26 heavy (non-hydrogen) atoms. The zero-order valence-electron chi connectivity index (χ0n) is 15.6. The standard InChI is InChI=1S/C19H27N5OS/c1-19(2)6-4-3-5-14(19)17-21-11-16(26-17)24-10-9-23-8-7-22(13-20)12-15(23)18(24)25/h11,14-15H,3-10,12H2,1-2H3/t14-,15-/m1/s1. The number of aromatic nitrogens is 1. The lowest BCUT2D eigenvalue weighted by Gasteiger charge is -2.44. The van der Waals surface area contributed by atoms with Crippen LogP contribution in [-0.4, -0.2) is 59.5 Å². The van der Waals surface area contributed by atoms with E-state index in [0.29, 0.717) is 12.5 Å². The Bertz CT molecular complexity index is 724. The van der Waals surface area contributed by atoms with Gasteiger partial charge < -0.3 is 4.90 Å². The van der Waals surface area contributed by atoms with Crippen LogP contribution in [0, 0.1) is 16.9 Å². The molecule has 2 atom stereocenters. The molecular weight excluding hydrogens is 346 g/mol. The fourth-order valence-electron chi connectivity index (χ4n) is 4.67. The average molecular weight is 374 g/mol. The molecule has 7 heteroatoms. The second-order valence-electron chi connectivity index (χ2n) is 8.41. The van der Waals surface area contributed by atoms with Crippen LogP contribution in [-0.2, 0) is 4.79 Å². The minimum Gasteiger partial charge on any atom is -0.307 e. The lowest BCUT2D eigenvalue weighted by Crippen LogP contribution is -2.64. The van der Waals surface area contributed by atoms with E-state index in [0.717, 1.165) is 31.2 Å². The molecule has 6 nitrogen and oxygen atoms in total. The number of carbonyl (C=O) groups is 1. The zero-order chi connectivity index (χ0) is 18.3. The van der Waals surface area contributed by atoms with Crippen molar-refractivity contribution in [1.29, 1.82) is 5.26 Å². The fraction of sp³-hybridized carbons (Fsp3) is 0.737. The average Bonchev–Trinajstić information content (AvgIpc) is 3.11. The van der Waals surface area contributed by atoms with Crippen LogP contribution >= 0.6 is 11.3 Å². The molecular formula is C19H27N5OS. The third-order valence-corrected chi connectivity index (χ3v) is 7.51. The summed E-state index contributed by atoms with van der Waals surface area (Å²) in [6, 6.07) is -0.200. The van der Waals surface area contributed by atoms with Gasteiger partial charge in [-0.25, -0.2) is 4.98 Å². The second-order valence-corrected chi connectivity index (χ2v) is 9.45. The molecule has 3 heterocycles. The van der Waals surface area contributed by atoms with Crippen molar-refractivity contribution >= 4 is 22.2 Å².